The van der Waals surface area contributed by atoms with E-state index >= 15 is 0 Å². The third-order valence-electron chi connectivity index (χ3n) is 3.61. The number of methoxy groups -OCH3 is 2. The minimum atomic E-state index is 0.0988. The Kier molecular flexibility index (Phi) is 8.07. The number of ether oxygens (including phenoxy) is 2. The minimum Gasteiger partial charge on any atom is -0.497 e. The first kappa shape index (κ1) is 16.8. The van der Waals surface area contributed by atoms with E-state index in [1.807, 2.05) is 18.2 Å². The van der Waals surface area contributed by atoms with Gasteiger partial charge < -0.3 is 9.47 Å². The highest BCUT2D eigenvalue weighted by molar-refractivity contribution is 5.42. The van der Waals surface area contributed by atoms with Crippen LogP contribution < -0.4 is 20.7 Å². The van der Waals surface area contributed by atoms with Crippen LogP contribution >= 0.6 is 0 Å². The Labute approximate surface area is 122 Å². The Bertz CT molecular complexity index is 383. The van der Waals surface area contributed by atoms with E-state index in [1.54, 1.807) is 14.2 Å². The van der Waals surface area contributed by atoms with E-state index in [-0.39, 0.29) is 6.04 Å². The maximum Gasteiger partial charge on any atom is 0.123 e. The van der Waals surface area contributed by atoms with Gasteiger partial charge in [-0.05, 0) is 24.6 Å². The summed E-state index contributed by atoms with van der Waals surface area (Å²) in [5, 5.41) is 0. The van der Waals surface area contributed by atoms with Crippen molar-refractivity contribution in [2.75, 3.05) is 14.2 Å². The van der Waals surface area contributed by atoms with Gasteiger partial charge in [0.2, 0.25) is 0 Å². The molecule has 0 aliphatic rings. The van der Waals surface area contributed by atoms with E-state index < -0.39 is 0 Å². The van der Waals surface area contributed by atoms with E-state index in [0.717, 1.165) is 29.9 Å². The lowest BCUT2D eigenvalue weighted by Gasteiger charge is -2.20. The van der Waals surface area contributed by atoms with Gasteiger partial charge in [-0.1, -0.05) is 39.0 Å². The molecule has 20 heavy (non-hydrogen) atoms. The van der Waals surface area contributed by atoms with Gasteiger partial charge in [0.25, 0.3) is 0 Å². The number of unbranched alkanes of at least 4 members (excludes halogenated alkanes) is 4. The lowest BCUT2D eigenvalue weighted by Crippen LogP contribution is -2.28. The van der Waals surface area contributed by atoms with Crippen LogP contribution in [-0.4, -0.2) is 14.2 Å². The molecule has 0 aliphatic carbocycles. The summed E-state index contributed by atoms with van der Waals surface area (Å²) in [4.78, 5) is 0. The summed E-state index contributed by atoms with van der Waals surface area (Å²) >= 11 is 0. The fraction of sp³-hybridized carbons (Fsp3) is 0.625. The van der Waals surface area contributed by atoms with Gasteiger partial charge in [0.05, 0.1) is 14.2 Å². The molecule has 4 nitrogen and oxygen atoms in total. The molecule has 0 saturated heterocycles. The Morgan fingerprint density at radius 1 is 1.10 bits per heavy atom. The van der Waals surface area contributed by atoms with Gasteiger partial charge >= 0.3 is 0 Å². The molecule has 3 N–H and O–H groups in total. The molecule has 0 radical (unpaired) electrons. The fourth-order valence-corrected chi connectivity index (χ4v) is 2.39. The molecular formula is C16H28N2O2. The SMILES string of the molecule is CCCCCCCC(NN)c1cc(OC)ccc1OC. The summed E-state index contributed by atoms with van der Waals surface area (Å²) in [5.74, 6) is 7.39. The minimum absolute atomic E-state index is 0.0988. The highest BCUT2D eigenvalue weighted by atomic mass is 16.5. The molecule has 0 amide bonds. The van der Waals surface area contributed by atoms with E-state index in [9.17, 15) is 0 Å². The molecule has 1 aromatic carbocycles. The van der Waals surface area contributed by atoms with E-state index in [4.69, 9.17) is 15.3 Å². The van der Waals surface area contributed by atoms with Crippen LogP contribution in [-0.2, 0) is 0 Å². The number of benzene rings is 1. The molecule has 1 aromatic rings. The van der Waals surface area contributed by atoms with Gasteiger partial charge in [-0.3, -0.25) is 11.3 Å². The highest BCUT2D eigenvalue weighted by Crippen LogP contribution is 2.31. The second-order valence-electron chi connectivity index (χ2n) is 5.03. The third-order valence-corrected chi connectivity index (χ3v) is 3.61. The third kappa shape index (κ3) is 5.02. The second-order valence-corrected chi connectivity index (χ2v) is 5.03. The summed E-state index contributed by atoms with van der Waals surface area (Å²) < 4.78 is 10.7. The molecule has 0 heterocycles. The lowest BCUT2D eigenvalue weighted by molar-refractivity contribution is 0.384. The van der Waals surface area contributed by atoms with E-state index in [2.05, 4.69) is 12.3 Å². The van der Waals surface area contributed by atoms with Crippen molar-refractivity contribution in [3.63, 3.8) is 0 Å². The zero-order valence-electron chi connectivity index (χ0n) is 12.9. The van der Waals surface area contributed by atoms with E-state index in [1.165, 1.54) is 25.7 Å². The Morgan fingerprint density at radius 2 is 1.85 bits per heavy atom. The van der Waals surface area contributed by atoms with Crippen LogP contribution in [0.2, 0.25) is 0 Å². The fourth-order valence-electron chi connectivity index (χ4n) is 2.39. The molecule has 0 fully saturated rings. The molecular weight excluding hydrogens is 252 g/mol. The van der Waals surface area contributed by atoms with Crippen molar-refractivity contribution >= 4 is 0 Å². The summed E-state index contributed by atoms with van der Waals surface area (Å²) in [6.07, 6.45) is 7.28. The van der Waals surface area contributed by atoms with Crippen LogP contribution in [0.1, 0.15) is 57.1 Å². The quantitative estimate of drug-likeness (QED) is 0.391. The van der Waals surface area contributed by atoms with Crippen LogP contribution in [0, 0.1) is 0 Å². The van der Waals surface area contributed by atoms with Gasteiger partial charge in [0.15, 0.2) is 0 Å². The zero-order valence-corrected chi connectivity index (χ0v) is 12.9. The average molecular weight is 280 g/mol. The Balaban J connectivity index is 2.67. The smallest absolute Gasteiger partial charge is 0.123 e. The lowest BCUT2D eigenvalue weighted by atomic mass is 9.99. The van der Waals surface area contributed by atoms with Crippen molar-refractivity contribution in [2.24, 2.45) is 5.84 Å². The largest absolute Gasteiger partial charge is 0.497 e. The zero-order chi connectivity index (χ0) is 14.8. The molecule has 1 atom stereocenters. The molecule has 1 unspecified atom stereocenters. The first-order chi connectivity index (χ1) is 9.76. The number of hydrazine groups is 1. The second kappa shape index (κ2) is 9.61. The van der Waals surface area contributed by atoms with Crippen LogP contribution in [0.5, 0.6) is 11.5 Å². The Morgan fingerprint density at radius 3 is 2.45 bits per heavy atom. The van der Waals surface area contributed by atoms with Crippen molar-refractivity contribution in [1.29, 1.82) is 0 Å². The monoisotopic (exact) mass is 280 g/mol. The maximum atomic E-state index is 5.71. The van der Waals surface area contributed by atoms with Crippen LogP contribution in [0.25, 0.3) is 0 Å². The molecule has 0 aliphatic heterocycles. The molecule has 4 heteroatoms. The summed E-state index contributed by atoms with van der Waals surface area (Å²) in [5.41, 5.74) is 3.96. The van der Waals surface area contributed by atoms with Gasteiger partial charge in [-0.2, -0.15) is 0 Å². The van der Waals surface area contributed by atoms with Crippen LogP contribution in [0.4, 0.5) is 0 Å². The number of rotatable bonds is 10. The van der Waals surface area contributed by atoms with E-state index in [0.29, 0.717) is 0 Å². The van der Waals surface area contributed by atoms with Crippen molar-refractivity contribution in [3.8, 4) is 11.5 Å². The molecule has 0 aromatic heterocycles. The van der Waals surface area contributed by atoms with Gasteiger partial charge in [0, 0.05) is 11.6 Å². The molecule has 0 spiro atoms. The number of hydrogen-bond acceptors (Lipinski definition) is 4. The van der Waals surface area contributed by atoms with Crippen LogP contribution in [0.3, 0.4) is 0 Å². The van der Waals surface area contributed by atoms with Crippen LogP contribution in [0.15, 0.2) is 18.2 Å². The standard InChI is InChI=1S/C16H28N2O2/c1-4-5-6-7-8-9-15(18-17)14-12-13(19-2)10-11-16(14)20-3/h10-12,15,18H,4-9,17H2,1-3H3. The molecule has 0 bridgehead atoms. The number of hydrogen-bond donors (Lipinski definition) is 2. The van der Waals surface area contributed by atoms with Gasteiger partial charge in [-0.25, -0.2) is 0 Å². The van der Waals surface area contributed by atoms with Crippen molar-refractivity contribution < 1.29 is 9.47 Å². The highest BCUT2D eigenvalue weighted by Gasteiger charge is 2.15. The molecule has 1 rings (SSSR count). The number of nitrogens with two attached hydrogens (primary N) is 1. The summed E-state index contributed by atoms with van der Waals surface area (Å²) in [6, 6.07) is 5.92. The number of nitrogens with one attached hydrogen (secondary N) is 1. The van der Waals surface area contributed by atoms with Gasteiger partial charge in [0.1, 0.15) is 11.5 Å². The topological polar surface area (TPSA) is 56.5 Å². The Hall–Kier alpha value is -1.26. The summed E-state index contributed by atoms with van der Waals surface area (Å²) in [6.45, 7) is 2.23. The first-order valence-electron chi connectivity index (χ1n) is 7.44. The van der Waals surface area contributed by atoms with Crippen molar-refractivity contribution in [2.45, 2.75) is 51.5 Å². The summed E-state index contributed by atoms with van der Waals surface area (Å²) in [7, 11) is 3.35. The first-order valence-corrected chi connectivity index (χ1v) is 7.44. The molecule has 0 saturated carbocycles. The maximum absolute atomic E-state index is 5.71. The normalized spacial score (nSPS) is 12.2. The van der Waals surface area contributed by atoms with Crippen molar-refractivity contribution in [1.82, 2.24) is 5.43 Å². The average Bonchev–Trinajstić information content (AvgIpc) is 2.50. The predicted octanol–water partition coefficient (Wildman–Crippen LogP) is 3.57. The molecule has 114 valence electrons. The van der Waals surface area contributed by atoms with Gasteiger partial charge in [-0.15, -0.1) is 0 Å². The van der Waals surface area contributed by atoms with Crippen molar-refractivity contribution in [3.05, 3.63) is 23.8 Å². The predicted molar refractivity (Wildman–Crippen MR) is 83.0 cm³/mol.